The smallest absolute Gasteiger partial charge is 0.192 e. The summed E-state index contributed by atoms with van der Waals surface area (Å²) in [6.45, 7) is 0. The van der Waals surface area contributed by atoms with Gasteiger partial charge in [0.15, 0.2) is 10.3 Å². The number of H-pyrrole nitrogens is 1. The third-order valence-electron chi connectivity index (χ3n) is 2.94. The molecule has 0 spiro atoms. The molecule has 0 unspecified atom stereocenters. The molecule has 0 fully saturated rings. The van der Waals surface area contributed by atoms with Crippen molar-refractivity contribution in [2.75, 3.05) is 0 Å². The van der Waals surface area contributed by atoms with E-state index in [9.17, 15) is 0 Å². The third kappa shape index (κ3) is 3.32. The molecule has 4 aromatic rings. The van der Waals surface area contributed by atoms with E-state index >= 15 is 0 Å². The van der Waals surface area contributed by atoms with E-state index in [0.29, 0.717) is 10.3 Å². The van der Waals surface area contributed by atoms with E-state index in [1.54, 1.807) is 6.33 Å². The van der Waals surface area contributed by atoms with Gasteiger partial charge in [0.1, 0.15) is 6.33 Å². The minimum Gasteiger partial charge on any atom is -0.333 e. The largest absolute Gasteiger partial charge is 0.333 e. The molecule has 0 aliphatic rings. The summed E-state index contributed by atoms with van der Waals surface area (Å²) in [6, 6.07) is 17.7. The molecule has 0 aliphatic carbocycles. The van der Waals surface area contributed by atoms with Crippen LogP contribution in [-0.2, 0) is 0 Å². The average Bonchev–Trinajstić information content (AvgIpc) is 3.13. The number of rotatable bonds is 1. The number of imidazole rings is 1. The first-order valence-corrected chi connectivity index (χ1v) is 7.41. The van der Waals surface area contributed by atoms with Gasteiger partial charge in [-0.05, 0) is 24.3 Å². The summed E-state index contributed by atoms with van der Waals surface area (Å²) in [4.78, 5) is 7.13. The van der Waals surface area contributed by atoms with Crippen LogP contribution in [0, 0.1) is 0 Å². The maximum atomic E-state index is 4.15. The second kappa shape index (κ2) is 6.67. The number of hydrogen-bond acceptors (Lipinski definition) is 5. The molecule has 7 heteroatoms. The molecule has 2 aromatic heterocycles. The Morgan fingerprint density at radius 3 is 2.32 bits per heavy atom. The lowest BCUT2D eigenvalue weighted by Gasteiger charge is -2.00. The molecule has 0 atom stereocenters. The number of nitrogens with zero attached hydrogens (tertiary/aromatic N) is 4. The summed E-state index contributed by atoms with van der Waals surface area (Å²) >= 11 is 8.23. The van der Waals surface area contributed by atoms with Gasteiger partial charge in [-0.15, -0.1) is 35.5 Å². The van der Waals surface area contributed by atoms with Crippen LogP contribution in [0.5, 0.6) is 0 Å². The zero-order chi connectivity index (χ0) is 15.4. The predicted octanol–water partition coefficient (Wildman–Crippen LogP) is 3.41. The van der Waals surface area contributed by atoms with Gasteiger partial charge >= 0.3 is 0 Å². The molecule has 110 valence electrons. The van der Waals surface area contributed by atoms with E-state index in [1.165, 1.54) is 0 Å². The number of para-hydroxylation sites is 3. The van der Waals surface area contributed by atoms with E-state index < -0.39 is 0 Å². The van der Waals surface area contributed by atoms with Gasteiger partial charge in [-0.3, -0.25) is 4.57 Å². The van der Waals surface area contributed by atoms with Crippen LogP contribution >= 0.6 is 25.3 Å². The summed E-state index contributed by atoms with van der Waals surface area (Å²) in [6.07, 6.45) is 1.64. The fraction of sp³-hybridized carbons (Fsp3) is 0. The highest BCUT2D eigenvalue weighted by Crippen LogP contribution is 2.11. The van der Waals surface area contributed by atoms with Crippen molar-refractivity contribution in [2.45, 2.75) is 10.3 Å². The van der Waals surface area contributed by atoms with Crippen molar-refractivity contribution in [1.82, 2.24) is 24.7 Å². The van der Waals surface area contributed by atoms with Crippen LogP contribution in [0.15, 0.2) is 71.2 Å². The van der Waals surface area contributed by atoms with E-state index in [1.807, 2.05) is 59.2 Å². The van der Waals surface area contributed by atoms with Gasteiger partial charge in [-0.1, -0.05) is 30.3 Å². The number of thiol groups is 2. The monoisotopic (exact) mass is 327 g/mol. The quantitative estimate of drug-likeness (QED) is 0.470. The predicted molar refractivity (Wildman–Crippen MR) is 92.0 cm³/mol. The van der Waals surface area contributed by atoms with Crippen molar-refractivity contribution >= 4 is 36.3 Å². The van der Waals surface area contributed by atoms with Crippen molar-refractivity contribution in [3.63, 3.8) is 0 Å². The fourth-order valence-corrected chi connectivity index (χ4v) is 2.39. The Morgan fingerprint density at radius 1 is 0.909 bits per heavy atom. The molecule has 0 aliphatic heterocycles. The summed E-state index contributed by atoms with van der Waals surface area (Å²) in [7, 11) is 0. The van der Waals surface area contributed by atoms with Crippen LogP contribution in [0.2, 0.25) is 0 Å². The van der Waals surface area contributed by atoms with Crippen LogP contribution in [-0.4, -0.2) is 24.7 Å². The molecule has 4 rings (SSSR count). The molecular formula is C15H13N5S2. The number of hydrogen-bond donors (Lipinski definition) is 3. The minimum absolute atomic E-state index is 0.598. The Labute approximate surface area is 138 Å². The van der Waals surface area contributed by atoms with E-state index in [2.05, 4.69) is 45.4 Å². The topological polar surface area (TPSA) is 59.4 Å². The van der Waals surface area contributed by atoms with Crippen LogP contribution in [0.25, 0.3) is 16.7 Å². The molecule has 0 amide bonds. The standard InChI is InChI=1S/C8H7N3S.C7H6N2S/c12-8-10-9-6-11(8)7-4-2-1-3-5-7;10-7-8-5-3-1-2-4-6(5)9-7/h1-6H,(H,10,12);1-4H,(H2,8,9,10). The average molecular weight is 327 g/mol. The molecular weight excluding hydrogens is 314 g/mol. The summed E-state index contributed by atoms with van der Waals surface area (Å²) < 4.78 is 1.81. The zero-order valence-electron chi connectivity index (χ0n) is 11.5. The number of fused-ring (bicyclic) bond motifs is 1. The second-order valence-electron chi connectivity index (χ2n) is 4.41. The molecule has 22 heavy (non-hydrogen) atoms. The lowest BCUT2D eigenvalue weighted by Crippen LogP contribution is -1.91. The molecule has 2 heterocycles. The van der Waals surface area contributed by atoms with E-state index in [4.69, 9.17) is 0 Å². The zero-order valence-corrected chi connectivity index (χ0v) is 13.2. The number of aromatic nitrogens is 5. The molecule has 0 bridgehead atoms. The Kier molecular flexibility index (Phi) is 4.45. The van der Waals surface area contributed by atoms with Gasteiger partial charge in [-0.25, -0.2) is 4.98 Å². The third-order valence-corrected chi connectivity index (χ3v) is 3.46. The van der Waals surface area contributed by atoms with Gasteiger partial charge < -0.3 is 4.98 Å². The fourth-order valence-electron chi connectivity index (χ4n) is 1.94. The van der Waals surface area contributed by atoms with Crippen LogP contribution < -0.4 is 0 Å². The SMILES string of the molecule is Sc1nc2ccccc2[nH]1.Sc1nncn1-c1ccccc1. The molecule has 2 aromatic carbocycles. The number of nitrogens with one attached hydrogen (secondary N) is 1. The van der Waals surface area contributed by atoms with Crippen molar-refractivity contribution < 1.29 is 0 Å². The van der Waals surface area contributed by atoms with Crippen molar-refractivity contribution in [1.29, 1.82) is 0 Å². The first-order valence-electron chi connectivity index (χ1n) is 6.52. The second-order valence-corrected chi connectivity index (χ2v) is 5.24. The normalized spacial score (nSPS) is 10.3. The Morgan fingerprint density at radius 2 is 1.64 bits per heavy atom. The lowest BCUT2D eigenvalue weighted by atomic mass is 10.3. The van der Waals surface area contributed by atoms with E-state index in [0.717, 1.165) is 16.7 Å². The minimum atomic E-state index is 0.598. The highest BCUT2D eigenvalue weighted by molar-refractivity contribution is 7.80. The lowest BCUT2D eigenvalue weighted by molar-refractivity contribution is 0.890. The van der Waals surface area contributed by atoms with Crippen molar-refractivity contribution in [3.05, 3.63) is 60.9 Å². The highest BCUT2D eigenvalue weighted by Gasteiger charge is 1.99. The van der Waals surface area contributed by atoms with Crippen molar-refractivity contribution in [3.8, 4) is 5.69 Å². The number of aromatic amines is 1. The summed E-state index contributed by atoms with van der Waals surface area (Å²) in [5.41, 5.74) is 3.02. The maximum Gasteiger partial charge on any atom is 0.192 e. The molecule has 0 radical (unpaired) electrons. The van der Waals surface area contributed by atoms with Crippen LogP contribution in [0.1, 0.15) is 0 Å². The van der Waals surface area contributed by atoms with Crippen LogP contribution in [0.3, 0.4) is 0 Å². The number of benzene rings is 2. The Bertz CT molecular complexity index is 837. The summed E-state index contributed by atoms with van der Waals surface area (Å²) in [5, 5.41) is 8.77. The Balaban J connectivity index is 0.000000133. The molecule has 0 saturated heterocycles. The molecule has 0 saturated carbocycles. The Hall–Kier alpha value is -2.25. The van der Waals surface area contributed by atoms with Gasteiger partial charge in [0, 0.05) is 5.69 Å². The first kappa shape index (κ1) is 14.7. The maximum absolute atomic E-state index is 4.15. The first-order chi connectivity index (χ1) is 10.7. The van der Waals surface area contributed by atoms with Gasteiger partial charge in [-0.2, -0.15) is 0 Å². The van der Waals surface area contributed by atoms with Gasteiger partial charge in [0.25, 0.3) is 0 Å². The van der Waals surface area contributed by atoms with Gasteiger partial charge in [0.05, 0.1) is 11.0 Å². The molecule has 1 N–H and O–H groups in total. The van der Waals surface area contributed by atoms with Crippen LogP contribution in [0.4, 0.5) is 0 Å². The highest BCUT2D eigenvalue weighted by atomic mass is 32.1. The molecule has 5 nitrogen and oxygen atoms in total. The van der Waals surface area contributed by atoms with Crippen molar-refractivity contribution in [2.24, 2.45) is 0 Å². The van der Waals surface area contributed by atoms with Gasteiger partial charge in [0.2, 0.25) is 0 Å². The van der Waals surface area contributed by atoms with E-state index in [-0.39, 0.29) is 0 Å². The summed E-state index contributed by atoms with van der Waals surface area (Å²) in [5.74, 6) is 0.